The van der Waals surface area contributed by atoms with E-state index in [0.717, 1.165) is 13.0 Å². The van der Waals surface area contributed by atoms with E-state index in [2.05, 4.69) is 31.4 Å². The zero-order valence-electron chi connectivity index (χ0n) is 9.36. The minimum absolute atomic E-state index is 0.0673. The minimum Gasteiger partial charge on any atom is -0.339 e. The first-order valence-electron chi connectivity index (χ1n) is 5.49. The average molecular weight is 215 g/mol. The molecule has 3 heteroatoms. The third-order valence-corrected chi connectivity index (χ3v) is 3.60. The molecule has 0 bridgehead atoms. The number of nitrogens with zero attached hydrogens (tertiary/aromatic N) is 1. The molecule has 82 valence electrons. The molecule has 0 radical (unpaired) electrons. The molecule has 2 atom stereocenters. The maximum Gasteiger partial charge on any atom is 0.226 e. The van der Waals surface area contributed by atoms with Gasteiger partial charge in [-0.3, -0.25) is 4.79 Å². The Morgan fingerprint density at radius 1 is 1.50 bits per heavy atom. The van der Waals surface area contributed by atoms with E-state index in [9.17, 15) is 4.79 Å². The van der Waals surface area contributed by atoms with Crippen molar-refractivity contribution in [2.75, 3.05) is 12.3 Å². The van der Waals surface area contributed by atoms with E-state index < -0.39 is 0 Å². The lowest BCUT2D eigenvalue weighted by Crippen LogP contribution is -2.41. The van der Waals surface area contributed by atoms with Crippen LogP contribution < -0.4 is 0 Å². The first kappa shape index (κ1) is 11.9. The number of carbonyl (C=O) groups is 1. The van der Waals surface area contributed by atoms with Gasteiger partial charge in [-0.1, -0.05) is 20.8 Å². The molecule has 1 rings (SSSR count). The van der Waals surface area contributed by atoms with E-state index in [4.69, 9.17) is 0 Å². The van der Waals surface area contributed by atoms with Crippen molar-refractivity contribution in [1.82, 2.24) is 4.90 Å². The molecule has 0 spiro atoms. The van der Waals surface area contributed by atoms with E-state index in [1.165, 1.54) is 6.42 Å². The Bertz CT molecular complexity index is 205. The number of amides is 1. The van der Waals surface area contributed by atoms with Crippen LogP contribution in [-0.4, -0.2) is 29.1 Å². The van der Waals surface area contributed by atoms with Crippen LogP contribution >= 0.6 is 12.6 Å². The molecule has 0 saturated carbocycles. The van der Waals surface area contributed by atoms with Gasteiger partial charge >= 0.3 is 0 Å². The van der Waals surface area contributed by atoms with Crippen LogP contribution in [0.25, 0.3) is 0 Å². The zero-order chi connectivity index (χ0) is 10.7. The third-order valence-electron chi connectivity index (χ3n) is 3.05. The number of thiol groups is 1. The van der Waals surface area contributed by atoms with Crippen LogP contribution in [0.15, 0.2) is 0 Å². The first-order valence-corrected chi connectivity index (χ1v) is 6.12. The maximum absolute atomic E-state index is 12.0. The number of hydrogen-bond acceptors (Lipinski definition) is 2. The van der Waals surface area contributed by atoms with Crippen LogP contribution in [0.5, 0.6) is 0 Å². The van der Waals surface area contributed by atoms with Crippen LogP contribution in [0.2, 0.25) is 0 Å². The van der Waals surface area contributed by atoms with Crippen molar-refractivity contribution < 1.29 is 4.79 Å². The second-order valence-corrected chi connectivity index (χ2v) is 4.93. The van der Waals surface area contributed by atoms with Crippen LogP contribution in [0.4, 0.5) is 0 Å². The van der Waals surface area contributed by atoms with Crippen molar-refractivity contribution in [3.05, 3.63) is 0 Å². The molecule has 0 aromatic carbocycles. The van der Waals surface area contributed by atoms with Gasteiger partial charge < -0.3 is 4.90 Å². The van der Waals surface area contributed by atoms with Gasteiger partial charge in [0.1, 0.15) is 0 Å². The minimum atomic E-state index is 0.0673. The van der Waals surface area contributed by atoms with Gasteiger partial charge in [-0.25, -0.2) is 0 Å². The molecule has 0 unspecified atom stereocenters. The lowest BCUT2D eigenvalue weighted by atomic mass is 10.0. The van der Waals surface area contributed by atoms with E-state index >= 15 is 0 Å². The Kier molecular flexibility index (Phi) is 4.30. The van der Waals surface area contributed by atoms with Crippen LogP contribution in [0, 0.1) is 11.8 Å². The molecule has 0 aromatic rings. The molecule has 14 heavy (non-hydrogen) atoms. The lowest BCUT2D eigenvalue weighted by Gasteiger charge is -2.29. The number of rotatable bonds is 3. The second kappa shape index (κ2) is 5.06. The van der Waals surface area contributed by atoms with Crippen LogP contribution in [-0.2, 0) is 4.79 Å². The van der Waals surface area contributed by atoms with Gasteiger partial charge in [-0.05, 0) is 18.8 Å². The number of likely N-dealkylation sites (tertiary alicyclic amines) is 1. The molecule has 0 aliphatic carbocycles. The predicted molar refractivity (Wildman–Crippen MR) is 62.6 cm³/mol. The summed E-state index contributed by atoms with van der Waals surface area (Å²) in [6.45, 7) is 7.30. The highest BCUT2D eigenvalue weighted by Gasteiger charge is 2.32. The van der Waals surface area contributed by atoms with E-state index in [0.29, 0.717) is 17.7 Å². The van der Waals surface area contributed by atoms with Crippen molar-refractivity contribution in [3.63, 3.8) is 0 Å². The van der Waals surface area contributed by atoms with Crippen molar-refractivity contribution in [1.29, 1.82) is 0 Å². The van der Waals surface area contributed by atoms with Crippen LogP contribution in [0.3, 0.4) is 0 Å². The maximum atomic E-state index is 12.0. The molecule has 1 aliphatic rings. The van der Waals surface area contributed by atoms with Gasteiger partial charge in [-0.15, -0.1) is 0 Å². The Labute approximate surface area is 92.5 Å². The quantitative estimate of drug-likeness (QED) is 0.716. The number of carbonyl (C=O) groups excluding carboxylic acids is 1. The average Bonchev–Trinajstić information content (AvgIpc) is 2.63. The van der Waals surface area contributed by atoms with E-state index in [-0.39, 0.29) is 11.8 Å². The van der Waals surface area contributed by atoms with Crippen molar-refractivity contribution in [3.8, 4) is 0 Å². The molecule has 1 heterocycles. The van der Waals surface area contributed by atoms with E-state index in [1.807, 2.05) is 6.92 Å². The Balaban J connectivity index is 2.62. The Hall–Kier alpha value is -0.180. The fourth-order valence-corrected chi connectivity index (χ4v) is 2.28. The topological polar surface area (TPSA) is 20.3 Å². The second-order valence-electron chi connectivity index (χ2n) is 4.57. The lowest BCUT2D eigenvalue weighted by molar-refractivity contribution is -0.135. The SMILES string of the molecule is CC(C)[C@@H]1CCCN1C(=O)[C@H](C)CS. The Morgan fingerprint density at radius 2 is 2.14 bits per heavy atom. The third kappa shape index (κ3) is 2.44. The highest BCUT2D eigenvalue weighted by atomic mass is 32.1. The van der Waals surface area contributed by atoms with Gasteiger partial charge in [0.15, 0.2) is 0 Å². The summed E-state index contributed by atoms with van der Waals surface area (Å²) in [7, 11) is 0. The fourth-order valence-electron chi connectivity index (χ4n) is 2.12. The molecular formula is C11H21NOS. The van der Waals surface area contributed by atoms with E-state index in [1.54, 1.807) is 0 Å². The summed E-state index contributed by atoms with van der Waals surface area (Å²) in [5, 5.41) is 0. The summed E-state index contributed by atoms with van der Waals surface area (Å²) in [5.74, 6) is 1.59. The smallest absolute Gasteiger partial charge is 0.226 e. The standard InChI is InChI=1S/C11H21NOS/c1-8(2)10-5-4-6-12(10)11(13)9(3)7-14/h8-10,14H,4-7H2,1-3H3/t9-,10+/m1/s1. The van der Waals surface area contributed by atoms with Crippen LogP contribution in [0.1, 0.15) is 33.6 Å². The normalized spacial score (nSPS) is 24.4. The van der Waals surface area contributed by atoms with Crippen molar-refractivity contribution >= 4 is 18.5 Å². The Morgan fingerprint density at radius 3 is 2.64 bits per heavy atom. The monoisotopic (exact) mass is 215 g/mol. The summed E-state index contributed by atoms with van der Waals surface area (Å²) in [4.78, 5) is 14.0. The molecule has 1 aliphatic heterocycles. The highest BCUT2D eigenvalue weighted by Crippen LogP contribution is 2.25. The number of hydrogen-bond donors (Lipinski definition) is 1. The summed E-state index contributed by atoms with van der Waals surface area (Å²) < 4.78 is 0. The summed E-state index contributed by atoms with van der Waals surface area (Å²) >= 11 is 4.18. The van der Waals surface area contributed by atoms with Gasteiger partial charge in [0.25, 0.3) is 0 Å². The molecule has 2 nitrogen and oxygen atoms in total. The summed E-state index contributed by atoms with van der Waals surface area (Å²) in [6, 6.07) is 0.463. The van der Waals surface area contributed by atoms with Gasteiger partial charge in [0, 0.05) is 24.3 Å². The largest absolute Gasteiger partial charge is 0.339 e. The molecule has 0 aromatic heterocycles. The zero-order valence-corrected chi connectivity index (χ0v) is 10.3. The predicted octanol–water partition coefficient (Wildman–Crippen LogP) is 2.20. The molecular weight excluding hydrogens is 194 g/mol. The van der Waals surface area contributed by atoms with Gasteiger partial charge in [0.05, 0.1) is 0 Å². The van der Waals surface area contributed by atoms with Crippen molar-refractivity contribution in [2.24, 2.45) is 11.8 Å². The summed E-state index contributed by atoms with van der Waals surface area (Å²) in [6.07, 6.45) is 2.33. The molecule has 1 amide bonds. The molecule has 1 fully saturated rings. The molecule has 0 N–H and O–H groups in total. The summed E-state index contributed by atoms with van der Waals surface area (Å²) in [5.41, 5.74) is 0. The fraction of sp³-hybridized carbons (Fsp3) is 0.909. The highest BCUT2D eigenvalue weighted by molar-refractivity contribution is 7.80. The van der Waals surface area contributed by atoms with Gasteiger partial charge in [0.2, 0.25) is 5.91 Å². The van der Waals surface area contributed by atoms with Gasteiger partial charge in [-0.2, -0.15) is 12.6 Å². The first-order chi connectivity index (χ1) is 6.57. The molecule has 1 saturated heterocycles. The van der Waals surface area contributed by atoms with Crippen molar-refractivity contribution in [2.45, 2.75) is 39.7 Å².